The van der Waals surface area contributed by atoms with E-state index in [2.05, 4.69) is 4.52 Å². The maximum atomic E-state index is 11.4. The molecule has 1 saturated heterocycles. The highest BCUT2D eigenvalue weighted by atomic mass is 31.2. The number of carbonyl (C=O) groups is 2. The molecule has 0 spiro atoms. The molecule has 1 heterocycles. The van der Waals surface area contributed by atoms with Crippen molar-refractivity contribution >= 4 is 19.7 Å². The Balaban J connectivity index is 3.62. The van der Waals surface area contributed by atoms with Crippen LogP contribution < -0.4 is 5.32 Å². The summed E-state index contributed by atoms with van der Waals surface area (Å²) in [4.78, 5) is 40.8. The number of carboxylic acid groups (broad SMARTS) is 1. The minimum absolute atomic E-state index is 0.905. The monoisotopic (exact) mass is 405 g/mol. The van der Waals surface area contributed by atoms with E-state index < -0.39 is 68.7 Å². The van der Waals surface area contributed by atoms with Crippen LogP contribution in [-0.2, 0) is 23.4 Å². The third-order valence-corrected chi connectivity index (χ3v) is 4.07. The molecule has 1 amide bonds. The largest absolute Gasteiger partial charge is 0.477 e. The smallest absolute Gasteiger partial charge is 0.472 e. The Kier molecular flexibility index (Phi) is 6.87. The molecule has 0 aromatic rings. The van der Waals surface area contributed by atoms with E-state index in [4.69, 9.17) is 24.7 Å². The van der Waals surface area contributed by atoms with Crippen molar-refractivity contribution in [2.45, 2.75) is 49.3 Å². The van der Waals surface area contributed by atoms with Crippen LogP contribution in [0.4, 0.5) is 0 Å². The van der Waals surface area contributed by atoms with Crippen molar-refractivity contribution in [3.8, 4) is 0 Å². The summed E-state index contributed by atoms with van der Waals surface area (Å²) in [5, 5.41) is 60.0. The second-order valence-corrected chi connectivity index (χ2v) is 6.80. The van der Waals surface area contributed by atoms with Crippen LogP contribution in [0.15, 0.2) is 0 Å². The van der Waals surface area contributed by atoms with Gasteiger partial charge in [-0.05, 0) is 0 Å². The fourth-order valence-electron chi connectivity index (χ4n) is 2.51. The number of amides is 1. The molecule has 0 aliphatic carbocycles. The predicted octanol–water partition coefficient (Wildman–Crippen LogP) is -4.43. The summed E-state index contributed by atoms with van der Waals surface area (Å²) in [5.41, 5.74) is 0. The first-order chi connectivity index (χ1) is 11.7. The van der Waals surface area contributed by atoms with Gasteiger partial charge >= 0.3 is 13.8 Å². The Labute approximate surface area is 145 Å². The van der Waals surface area contributed by atoms with Crippen molar-refractivity contribution in [1.29, 1.82) is 0 Å². The van der Waals surface area contributed by atoms with Gasteiger partial charge in [0.05, 0.1) is 12.7 Å². The van der Waals surface area contributed by atoms with Gasteiger partial charge in [-0.3, -0.25) is 4.79 Å². The minimum Gasteiger partial charge on any atom is -0.477 e. The number of nitrogens with one attached hydrogen (secondary N) is 1. The fraction of sp³-hybridized carbons (Fsp3) is 0.818. The third-order valence-electron chi connectivity index (χ3n) is 3.55. The number of ether oxygens (including phenoxy) is 1. The lowest BCUT2D eigenvalue weighted by molar-refractivity contribution is -0.390. The average Bonchev–Trinajstić information content (AvgIpc) is 2.47. The summed E-state index contributed by atoms with van der Waals surface area (Å²) >= 11 is 0. The van der Waals surface area contributed by atoms with Crippen LogP contribution in [0.1, 0.15) is 13.3 Å². The zero-order valence-corrected chi connectivity index (χ0v) is 14.2. The number of phosphoric ester groups is 1. The van der Waals surface area contributed by atoms with Crippen LogP contribution >= 0.6 is 7.82 Å². The molecule has 0 aromatic carbocycles. The number of aliphatic hydroxyl groups excluding tert-OH is 4. The lowest BCUT2D eigenvalue weighted by Gasteiger charge is -2.51. The molecule has 0 saturated carbocycles. The van der Waals surface area contributed by atoms with Crippen LogP contribution in [0.2, 0.25) is 0 Å². The summed E-state index contributed by atoms with van der Waals surface area (Å²) in [6.45, 7) is -0.313. The van der Waals surface area contributed by atoms with Crippen LogP contribution in [0.3, 0.4) is 0 Å². The molecular weight excluding hydrogens is 385 g/mol. The van der Waals surface area contributed by atoms with Crippen LogP contribution in [-0.4, -0.2) is 94.8 Å². The SMILES string of the molecule is CC(=O)N[C@@H]1[C@@H](O)C[C@@](O)(C(=O)O)O[C@@]1(OP(=O)(O)O)[C@H](O)[C@H](O)CO. The Morgan fingerprint density at radius 2 is 1.92 bits per heavy atom. The second-order valence-electron chi connectivity index (χ2n) is 5.64. The van der Waals surface area contributed by atoms with E-state index in [1.165, 1.54) is 0 Å². The summed E-state index contributed by atoms with van der Waals surface area (Å²) in [6.07, 6.45) is -8.03. The number of rotatable bonds is 7. The van der Waals surface area contributed by atoms with Crippen LogP contribution in [0.25, 0.3) is 0 Å². The van der Waals surface area contributed by atoms with Crippen molar-refractivity contribution in [3.63, 3.8) is 0 Å². The first-order valence-electron chi connectivity index (χ1n) is 7.03. The molecule has 0 bridgehead atoms. The number of carboxylic acids is 1. The van der Waals surface area contributed by atoms with Crippen molar-refractivity contribution in [1.82, 2.24) is 5.32 Å². The van der Waals surface area contributed by atoms with Gasteiger partial charge in [0.15, 0.2) is 0 Å². The molecule has 9 N–H and O–H groups in total. The average molecular weight is 405 g/mol. The van der Waals surface area contributed by atoms with Gasteiger partial charge in [-0.25, -0.2) is 13.9 Å². The number of phosphoric acid groups is 1. The van der Waals surface area contributed by atoms with E-state index >= 15 is 0 Å². The van der Waals surface area contributed by atoms with E-state index in [-0.39, 0.29) is 0 Å². The Bertz CT molecular complexity index is 595. The van der Waals surface area contributed by atoms with Gasteiger partial charge in [-0.15, -0.1) is 0 Å². The number of aliphatic hydroxyl groups is 5. The normalized spacial score (nSPS) is 34.8. The molecule has 1 rings (SSSR count). The van der Waals surface area contributed by atoms with E-state index in [1.807, 2.05) is 5.32 Å². The highest BCUT2D eigenvalue weighted by Crippen LogP contribution is 2.49. The number of aliphatic carboxylic acids is 1. The molecule has 0 aromatic heterocycles. The first kappa shape index (κ1) is 22.9. The van der Waals surface area contributed by atoms with E-state index in [1.54, 1.807) is 0 Å². The first-order valence-corrected chi connectivity index (χ1v) is 8.56. The van der Waals surface area contributed by atoms with E-state index in [0.29, 0.717) is 0 Å². The predicted molar refractivity (Wildman–Crippen MR) is 76.9 cm³/mol. The molecule has 15 heteroatoms. The fourth-order valence-corrected chi connectivity index (χ4v) is 3.14. The molecule has 26 heavy (non-hydrogen) atoms. The Morgan fingerprint density at radius 1 is 1.38 bits per heavy atom. The Morgan fingerprint density at radius 3 is 2.31 bits per heavy atom. The molecule has 6 atom stereocenters. The van der Waals surface area contributed by atoms with Gasteiger partial charge in [0, 0.05) is 13.3 Å². The molecule has 14 nitrogen and oxygen atoms in total. The van der Waals surface area contributed by atoms with Crippen molar-refractivity contribution in [2.24, 2.45) is 0 Å². The standard InChI is InChI=1S/C11H20NO13P/c1-4(14)12-7-5(15)2-10(20,9(18)19)24-11(7,25-26(21,22)23)8(17)6(16)3-13/h5-8,13,15-17,20H,2-3H2,1H3,(H,12,14)(H,18,19)(H2,21,22,23)/t5-,6+,7+,8+,10-,11-/m0/s1. The minimum atomic E-state index is -5.64. The van der Waals surface area contributed by atoms with Gasteiger partial charge in [0.2, 0.25) is 11.7 Å². The van der Waals surface area contributed by atoms with Crippen molar-refractivity contribution < 1.29 is 63.8 Å². The number of hydrogen-bond donors (Lipinski definition) is 9. The second kappa shape index (κ2) is 7.82. The third kappa shape index (κ3) is 4.75. The Hall–Kier alpha value is -1.19. The highest BCUT2D eigenvalue weighted by Gasteiger charge is 2.66. The summed E-state index contributed by atoms with van der Waals surface area (Å²) in [5.74, 6) is -9.72. The maximum absolute atomic E-state index is 11.4. The van der Waals surface area contributed by atoms with Crippen molar-refractivity contribution in [3.05, 3.63) is 0 Å². The molecule has 1 aliphatic rings. The lowest BCUT2D eigenvalue weighted by Crippen LogP contribution is -2.75. The molecule has 0 unspecified atom stereocenters. The van der Waals surface area contributed by atoms with Gasteiger partial charge < -0.3 is 50.5 Å². The van der Waals surface area contributed by atoms with E-state index in [9.17, 15) is 34.6 Å². The zero-order chi connectivity index (χ0) is 20.5. The van der Waals surface area contributed by atoms with Crippen LogP contribution in [0, 0.1) is 0 Å². The quantitative estimate of drug-likeness (QED) is 0.182. The topological polar surface area (TPSA) is 244 Å². The molecular formula is C11H20NO13P. The molecule has 152 valence electrons. The van der Waals surface area contributed by atoms with Gasteiger partial charge in [0.1, 0.15) is 18.2 Å². The molecule has 1 aliphatic heterocycles. The van der Waals surface area contributed by atoms with E-state index in [0.717, 1.165) is 6.92 Å². The zero-order valence-electron chi connectivity index (χ0n) is 13.3. The summed E-state index contributed by atoms with van der Waals surface area (Å²) in [6, 6.07) is -2.05. The number of hydrogen-bond acceptors (Lipinski definition) is 10. The van der Waals surface area contributed by atoms with Gasteiger partial charge in [0.25, 0.3) is 5.79 Å². The molecule has 1 fully saturated rings. The summed E-state index contributed by atoms with van der Waals surface area (Å²) in [7, 11) is -5.64. The van der Waals surface area contributed by atoms with Gasteiger partial charge in [-0.2, -0.15) is 0 Å². The van der Waals surface area contributed by atoms with Gasteiger partial charge in [-0.1, -0.05) is 0 Å². The maximum Gasteiger partial charge on any atom is 0.472 e. The lowest BCUT2D eigenvalue weighted by atomic mass is 9.85. The summed E-state index contributed by atoms with van der Waals surface area (Å²) < 4.78 is 20.4. The molecule has 0 radical (unpaired) electrons. The van der Waals surface area contributed by atoms with Crippen molar-refractivity contribution in [2.75, 3.05) is 6.61 Å². The highest BCUT2D eigenvalue weighted by molar-refractivity contribution is 7.46. The van der Waals surface area contributed by atoms with Crippen LogP contribution in [0.5, 0.6) is 0 Å². The number of carbonyl (C=O) groups excluding carboxylic acids is 1.